The van der Waals surface area contributed by atoms with Gasteiger partial charge in [-0.3, -0.25) is 0 Å². The highest BCUT2D eigenvalue weighted by Crippen LogP contribution is 2.28. The first-order chi connectivity index (χ1) is 8.59. The maximum atomic E-state index is 5.28. The van der Waals surface area contributed by atoms with E-state index in [0.29, 0.717) is 0 Å². The summed E-state index contributed by atoms with van der Waals surface area (Å²) in [7, 11) is 0. The third-order valence-electron chi connectivity index (χ3n) is 3.60. The van der Waals surface area contributed by atoms with Crippen LogP contribution in [0.1, 0.15) is 18.2 Å². The number of nitrogens with one attached hydrogen (secondary N) is 1. The van der Waals surface area contributed by atoms with E-state index in [1.54, 1.807) is 6.20 Å². The van der Waals surface area contributed by atoms with Crippen LogP contribution in [0.4, 0.5) is 5.82 Å². The van der Waals surface area contributed by atoms with Crippen molar-refractivity contribution in [3.05, 3.63) is 23.5 Å². The van der Waals surface area contributed by atoms with Crippen molar-refractivity contribution in [1.82, 2.24) is 14.6 Å². The molecule has 5 nitrogen and oxygen atoms in total. The molecule has 0 aromatic carbocycles. The van der Waals surface area contributed by atoms with Gasteiger partial charge in [0.2, 0.25) is 0 Å². The fraction of sp³-hybridized carbons (Fsp3) is 0.538. The summed E-state index contributed by atoms with van der Waals surface area (Å²) in [5.74, 6) is 1.04. The zero-order valence-electron chi connectivity index (χ0n) is 11.0. The highest BCUT2D eigenvalue weighted by molar-refractivity contribution is 5.54. The van der Waals surface area contributed by atoms with Gasteiger partial charge < -0.3 is 10.1 Å². The van der Waals surface area contributed by atoms with Gasteiger partial charge in [-0.15, -0.1) is 0 Å². The van der Waals surface area contributed by atoms with Crippen molar-refractivity contribution in [1.29, 1.82) is 0 Å². The lowest BCUT2D eigenvalue weighted by Gasteiger charge is -2.38. The Kier molecular flexibility index (Phi) is 2.52. The Morgan fingerprint density at radius 2 is 2.22 bits per heavy atom. The predicted molar refractivity (Wildman–Crippen MR) is 69.9 cm³/mol. The summed E-state index contributed by atoms with van der Waals surface area (Å²) in [4.78, 5) is 4.51. The van der Waals surface area contributed by atoms with E-state index in [-0.39, 0.29) is 5.41 Å². The average Bonchev–Trinajstić information content (AvgIpc) is 2.75. The Morgan fingerprint density at radius 1 is 1.44 bits per heavy atom. The molecule has 0 saturated carbocycles. The van der Waals surface area contributed by atoms with Crippen molar-refractivity contribution in [2.75, 3.05) is 25.1 Å². The van der Waals surface area contributed by atoms with Gasteiger partial charge in [0.25, 0.3) is 0 Å². The van der Waals surface area contributed by atoms with Crippen LogP contribution in [0.2, 0.25) is 0 Å². The van der Waals surface area contributed by atoms with E-state index >= 15 is 0 Å². The Labute approximate surface area is 106 Å². The third-order valence-corrected chi connectivity index (χ3v) is 3.60. The van der Waals surface area contributed by atoms with Crippen molar-refractivity contribution in [2.45, 2.75) is 20.8 Å². The number of hydrogen-bond donors (Lipinski definition) is 1. The van der Waals surface area contributed by atoms with Crippen molar-refractivity contribution in [2.24, 2.45) is 5.41 Å². The Hall–Kier alpha value is -1.62. The van der Waals surface area contributed by atoms with Crippen LogP contribution in [0.3, 0.4) is 0 Å². The summed E-state index contributed by atoms with van der Waals surface area (Å²) in [6.07, 6.45) is 1.78. The molecule has 0 bridgehead atoms. The quantitative estimate of drug-likeness (QED) is 0.897. The molecule has 0 aliphatic carbocycles. The highest BCUT2D eigenvalue weighted by Gasteiger charge is 2.33. The van der Waals surface area contributed by atoms with Crippen molar-refractivity contribution in [3.8, 4) is 0 Å². The molecule has 1 fully saturated rings. The number of hydrogen-bond acceptors (Lipinski definition) is 4. The van der Waals surface area contributed by atoms with Gasteiger partial charge in [0.15, 0.2) is 5.65 Å². The molecule has 2 aromatic heterocycles. The number of anilines is 1. The lowest BCUT2D eigenvalue weighted by Crippen LogP contribution is -2.45. The van der Waals surface area contributed by atoms with Gasteiger partial charge in [-0.2, -0.15) is 9.61 Å². The van der Waals surface area contributed by atoms with E-state index in [9.17, 15) is 0 Å². The van der Waals surface area contributed by atoms with E-state index in [1.807, 2.05) is 17.5 Å². The molecule has 0 atom stereocenters. The van der Waals surface area contributed by atoms with Crippen LogP contribution >= 0.6 is 0 Å². The van der Waals surface area contributed by atoms with E-state index in [1.165, 1.54) is 0 Å². The van der Waals surface area contributed by atoms with Crippen LogP contribution in [-0.4, -0.2) is 34.4 Å². The monoisotopic (exact) mass is 246 g/mol. The lowest BCUT2D eigenvalue weighted by molar-refractivity contribution is -0.0925. The summed E-state index contributed by atoms with van der Waals surface area (Å²) < 4.78 is 7.14. The molecular weight excluding hydrogens is 228 g/mol. The third kappa shape index (κ3) is 1.75. The SMILES string of the molecule is Cc1nc2ccnn2c(NCC2(C)COC2)c1C. The summed E-state index contributed by atoms with van der Waals surface area (Å²) >= 11 is 0. The van der Waals surface area contributed by atoms with Gasteiger partial charge in [-0.05, 0) is 13.8 Å². The van der Waals surface area contributed by atoms with Crippen LogP contribution < -0.4 is 5.32 Å². The molecule has 1 aliphatic rings. The molecule has 0 radical (unpaired) electrons. The number of ether oxygens (including phenoxy) is 1. The van der Waals surface area contributed by atoms with Gasteiger partial charge >= 0.3 is 0 Å². The van der Waals surface area contributed by atoms with Crippen molar-refractivity contribution >= 4 is 11.5 Å². The molecule has 2 aromatic rings. The summed E-state index contributed by atoms with van der Waals surface area (Å²) in [6, 6.07) is 1.92. The summed E-state index contributed by atoms with van der Waals surface area (Å²) in [5.41, 5.74) is 3.31. The molecular formula is C13H18N4O. The fourth-order valence-electron chi connectivity index (χ4n) is 2.20. The number of rotatable bonds is 3. The second-order valence-corrected chi connectivity index (χ2v) is 5.43. The second-order valence-electron chi connectivity index (χ2n) is 5.43. The molecule has 0 unspecified atom stereocenters. The summed E-state index contributed by atoms with van der Waals surface area (Å²) in [5, 5.41) is 7.83. The van der Waals surface area contributed by atoms with Gasteiger partial charge in [0.05, 0.1) is 19.4 Å². The van der Waals surface area contributed by atoms with Crippen LogP contribution in [0.25, 0.3) is 5.65 Å². The minimum Gasteiger partial charge on any atom is -0.380 e. The smallest absolute Gasteiger partial charge is 0.157 e. The Bertz CT molecular complexity index is 586. The summed E-state index contributed by atoms with van der Waals surface area (Å²) in [6.45, 7) is 8.88. The number of fused-ring (bicyclic) bond motifs is 1. The second kappa shape index (κ2) is 3.95. The van der Waals surface area contributed by atoms with E-state index in [2.05, 4.69) is 29.2 Å². The normalized spacial score (nSPS) is 17.7. The molecule has 1 aliphatic heterocycles. The van der Waals surface area contributed by atoms with E-state index < -0.39 is 0 Å². The van der Waals surface area contributed by atoms with Crippen LogP contribution in [0.5, 0.6) is 0 Å². The standard InChI is InChI=1S/C13H18N4O/c1-9-10(2)16-11-4-5-15-17(11)12(9)14-6-13(3)7-18-8-13/h4-5,14H,6-8H2,1-3H3. The van der Waals surface area contributed by atoms with Crippen LogP contribution in [-0.2, 0) is 4.74 Å². The van der Waals surface area contributed by atoms with E-state index in [4.69, 9.17) is 4.74 Å². The lowest BCUT2D eigenvalue weighted by atomic mass is 9.89. The molecule has 3 heterocycles. The zero-order valence-corrected chi connectivity index (χ0v) is 11.0. The molecule has 1 saturated heterocycles. The number of aryl methyl sites for hydroxylation is 1. The fourth-order valence-corrected chi connectivity index (χ4v) is 2.20. The predicted octanol–water partition coefficient (Wildman–Crippen LogP) is 1.79. The zero-order chi connectivity index (χ0) is 12.8. The first-order valence-corrected chi connectivity index (χ1v) is 6.22. The number of aromatic nitrogens is 3. The van der Waals surface area contributed by atoms with Crippen LogP contribution in [0.15, 0.2) is 12.3 Å². The van der Waals surface area contributed by atoms with Gasteiger partial charge in [0.1, 0.15) is 5.82 Å². The minimum absolute atomic E-state index is 0.239. The maximum Gasteiger partial charge on any atom is 0.157 e. The van der Waals surface area contributed by atoms with E-state index in [0.717, 1.165) is 42.5 Å². The molecule has 3 rings (SSSR count). The molecule has 0 spiro atoms. The molecule has 5 heteroatoms. The Morgan fingerprint density at radius 3 is 2.89 bits per heavy atom. The largest absolute Gasteiger partial charge is 0.380 e. The van der Waals surface area contributed by atoms with Crippen molar-refractivity contribution < 1.29 is 4.74 Å². The Balaban J connectivity index is 1.94. The maximum absolute atomic E-state index is 5.28. The van der Waals surface area contributed by atoms with Crippen molar-refractivity contribution in [3.63, 3.8) is 0 Å². The van der Waals surface area contributed by atoms with Crippen LogP contribution in [0, 0.1) is 19.3 Å². The van der Waals surface area contributed by atoms with Gasteiger partial charge in [-0.25, -0.2) is 4.98 Å². The molecule has 96 valence electrons. The molecule has 0 amide bonds. The highest BCUT2D eigenvalue weighted by atomic mass is 16.5. The first-order valence-electron chi connectivity index (χ1n) is 6.22. The van der Waals surface area contributed by atoms with Gasteiger partial charge in [0, 0.05) is 29.3 Å². The topological polar surface area (TPSA) is 51.5 Å². The van der Waals surface area contributed by atoms with Gasteiger partial charge in [-0.1, -0.05) is 6.92 Å². The minimum atomic E-state index is 0.239. The molecule has 1 N–H and O–H groups in total. The average molecular weight is 246 g/mol. The first kappa shape index (κ1) is 11.5. The molecule has 18 heavy (non-hydrogen) atoms. The number of nitrogens with zero attached hydrogens (tertiary/aromatic N) is 3.